The van der Waals surface area contributed by atoms with Crippen LogP contribution in [0.25, 0.3) is 0 Å². The summed E-state index contributed by atoms with van der Waals surface area (Å²) in [4.78, 5) is 26.6. The third-order valence-corrected chi connectivity index (χ3v) is 7.72. The number of halogens is 3. The topological polar surface area (TPSA) is 106 Å². The van der Waals surface area contributed by atoms with Crippen LogP contribution in [-0.2, 0) is 11.0 Å². The normalized spacial score (nSPS) is 20.1. The average molecular weight is 547 g/mol. The number of hydrogen-bond donors (Lipinski definition) is 1. The Labute approximate surface area is 222 Å². The fraction of sp³-hybridized carbons (Fsp3) is 0.480. The summed E-state index contributed by atoms with van der Waals surface area (Å²) in [7, 11) is 0. The molecule has 2 saturated heterocycles. The summed E-state index contributed by atoms with van der Waals surface area (Å²) in [5, 5.41) is 18.2. The molecule has 1 aliphatic carbocycles. The Morgan fingerprint density at radius 1 is 1.18 bits per heavy atom. The van der Waals surface area contributed by atoms with E-state index in [1.54, 1.807) is 23.2 Å². The Balaban J connectivity index is 1.38. The highest BCUT2D eigenvalue weighted by Gasteiger charge is 2.60. The molecule has 200 valence electrons. The number of hydrogen-bond acceptors (Lipinski definition) is 8. The smallest absolute Gasteiger partial charge is 0.419 e. The van der Waals surface area contributed by atoms with E-state index in [2.05, 4.69) is 14.9 Å². The maximum absolute atomic E-state index is 13.6. The molecule has 4 heterocycles. The molecule has 1 saturated carbocycles. The number of nitriles is 1. The largest absolute Gasteiger partial charge is 0.474 e. The van der Waals surface area contributed by atoms with Crippen molar-refractivity contribution in [2.75, 3.05) is 36.0 Å². The van der Waals surface area contributed by atoms with Gasteiger partial charge in [0.2, 0.25) is 5.88 Å². The molecule has 38 heavy (non-hydrogen) atoms. The number of aliphatic hydroxyl groups excluding tert-OH is 1. The van der Waals surface area contributed by atoms with Gasteiger partial charge < -0.3 is 19.6 Å². The number of aromatic nitrogens is 2. The van der Waals surface area contributed by atoms with Gasteiger partial charge in [-0.2, -0.15) is 18.4 Å². The number of anilines is 2. The summed E-state index contributed by atoms with van der Waals surface area (Å²) in [5.41, 5.74) is -2.60. The van der Waals surface area contributed by atoms with Crippen LogP contribution in [-0.4, -0.2) is 68.9 Å². The molecular weight excluding hydrogens is 521 g/mol. The molecule has 1 amide bonds. The van der Waals surface area contributed by atoms with Gasteiger partial charge in [0.1, 0.15) is 17.7 Å². The van der Waals surface area contributed by atoms with Gasteiger partial charge in [-0.3, -0.25) is 9.69 Å². The number of alkyl halides is 3. The summed E-state index contributed by atoms with van der Waals surface area (Å²) >= 11 is 5.62. The first kappa shape index (κ1) is 26.3. The van der Waals surface area contributed by atoms with Crippen LogP contribution in [0.1, 0.15) is 43.4 Å². The fourth-order valence-corrected chi connectivity index (χ4v) is 5.70. The minimum Gasteiger partial charge on any atom is -0.474 e. The van der Waals surface area contributed by atoms with Gasteiger partial charge in [-0.1, -0.05) is 0 Å². The van der Waals surface area contributed by atoms with Crippen molar-refractivity contribution in [2.24, 2.45) is 0 Å². The van der Waals surface area contributed by atoms with Gasteiger partial charge in [0.15, 0.2) is 10.8 Å². The molecular formula is C25H25F3N6O3S. The van der Waals surface area contributed by atoms with Crippen LogP contribution in [0.4, 0.5) is 24.5 Å². The van der Waals surface area contributed by atoms with E-state index >= 15 is 0 Å². The van der Waals surface area contributed by atoms with Crippen LogP contribution in [0.2, 0.25) is 0 Å². The monoisotopic (exact) mass is 546 g/mol. The number of piperidine rings is 1. The Hall–Kier alpha value is -3.34. The predicted octanol–water partition coefficient (Wildman–Crippen LogP) is 3.26. The molecule has 13 heteroatoms. The number of carbonyl (C=O) groups excluding carboxylic acids is 1. The molecule has 5 rings (SSSR count). The standard InChI is InChI=1S/C25H25F3N6O3S/c26-25(27,28)19-12-17(15-30-20(19)13-29)33-22(36)24(6-1-7-24)34(23(33)38)16-2-3-21(31-14-16)37-18-4-8-32(9-5-18)10-11-35/h2-3,12,14-15,18,35H,1,4-11H2. The van der Waals surface area contributed by atoms with Crippen LogP contribution in [0, 0.1) is 11.3 Å². The van der Waals surface area contributed by atoms with E-state index in [-0.39, 0.29) is 23.5 Å². The van der Waals surface area contributed by atoms with Gasteiger partial charge in [-0.25, -0.2) is 9.97 Å². The van der Waals surface area contributed by atoms with Crippen molar-refractivity contribution in [1.29, 1.82) is 5.26 Å². The van der Waals surface area contributed by atoms with E-state index in [9.17, 15) is 18.0 Å². The summed E-state index contributed by atoms with van der Waals surface area (Å²) in [6, 6.07) is 5.63. The summed E-state index contributed by atoms with van der Waals surface area (Å²) in [6.45, 7) is 2.42. The number of amides is 1. The third-order valence-electron chi connectivity index (χ3n) is 7.35. The summed E-state index contributed by atoms with van der Waals surface area (Å²) in [5.74, 6) is -0.000209. The zero-order chi connectivity index (χ0) is 27.1. The van der Waals surface area contributed by atoms with Crippen LogP contribution in [0.5, 0.6) is 5.88 Å². The Morgan fingerprint density at radius 2 is 1.89 bits per heavy atom. The molecule has 0 unspecified atom stereocenters. The van der Waals surface area contributed by atoms with Crippen molar-refractivity contribution in [3.8, 4) is 11.9 Å². The van der Waals surface area contributed by atoms with Gasteiger partial charge >= 0.3 is 6.18 Å². The zero-order valence-electron chi connectivity index (χ0n) is 20.3. The molecule has 1 N–H and O–H groups in total. The van der Waals surface area contributed by atoms with Crippen LogP contribution < -0.4 is 14.5 Å². The second kappa shape index (κ2) is 10.1. The van der Waals surface area contributed by atoms with Crippen molar-refractivity contribution in [3.63, 3.8) is 0 Å². The van der Waals surface area contributed by atoms with Crippen molar-refractivity contribution in [1.82, 2.24) is 14.9 Å². The van der Waals surface area contributed by atoms with Gasteiger partial charge in [-0.05, 0) is 56.5 Å². The van der Waals surface area contributed by atoms with E-state index in [4.69, 9.17) is 27.3 Å². The number of likely N-dealkylation sites (tertiary alicyclic amines) is 1. The van der Waals surface area contributed by atoms with E-state index < -0.39 is 28.9 Å². The lowest BCUT2D eigenvalue weighted by Crippen LogP contribution is -2.55. The number of β-amino-alcohol motifs (C(OH)–C–C–N with tert-alkyl or cyclic N) is 1. The van der Waals surface area contributed by atoms with Crippen molar-refractivity contribution in [3.05, 3.63) is 41.9 Å². The first-order chi connectivity index (χ1) is 18.2. The molecule has 1 spiro atoms. The number of aliphatic hydroxyl groups is 1. The highest BCUT2D eigenvalue weighted by atomic mass is 32.1. The van der Waals surface area contributed by atoms with Crippen molar-refractivity contribution >= 4 is 34.6 Å². The minimum atomic E-state index is -4.82. The Bertz CT molecular complexity index is 1270. The van der Waals surface area contributed by atoms with Gasteiger partial charge in [0.05, 0.1) is 35.9 Å². The maximum Gasteiger partial charge on any atom is 0.419 e. The van der Waals surface area contributed by atoms with Crippen molar-refractivity contribution in [2.45, 2.75) is 49.9 Å². The minimum absolute atomic E-state index is 0.00193. The lowest BCUT2D eigenvalue weighted by molar-refractivity contribution is -0.138. The third kappa shape index (κ3) is 4.57. The Kier molecular flexibility index (Phi) is 6.97. The predicted molar refractivity (Wildman–Crippen MR) is 135 cm³/mol. The molecule has 2 aromatic heterocycles. The van der Waals surface area contributed by atoms with Gasteiger partial charge in [0, 0.05) is 25.7 Å². The number of thiocarbonyl (C=S) groups is 1. The summed E-state index contributed by atoms with van der Waals surface area (Å²) in [6.07, 6.45) is 1.16. The molecule has 3 fully saturated rings. The second-order valence-corrected chi connectivity index (χ2v) is 9.95. The molecule has 0 aromatic carbocycles. The lowest BCUT2D eigenvalue weighted by atomic mass is 9.75. The molecule has 0 radical (unpaired) electrons. The van der Waals surface area contributed by atoms with E-state index in [0.717, 1.165) is 49.5 Å². The van der Waals surface area contributed by atoms with Gasteiger partial charge in [-0.15, -0.1) is 0 Å². The van der Waals surface area contributed by atoms with Crippen LogP contribution in [0.3, 0.4) is 0 Å². The Morgan fingerprint density at radius 3 is 2.45 bits per heavy atom. The SMILES string of the molecule is N#Cc1ncc(N2C(=O)C3(CCC3)N(c3ccc(OC4CCN(CCO)CC4)nc3)C2=S)cc1C(F)(F)F. The highest BCUT2D eigenvalue weighted by molar-refractivity contribution is 7.81. The zero-order valence-corrected chi connectivity index (χ0v) is 21.1. The van der Waals surface area contributed by atoms with E-state index in [1.807, 2.05) is 0 Å². The van der Waals surface area contributed by atoms with E-state index in [0.29, 0.717) is 31.0 Å². The average Bonchev–Trinajstić information content (AvgIpc) is 3.11. The molecule has 2 aliphatic heterocycles. The molecule has 9 nitrogen and oxygen atoms in total. The summed E-state index contributed by atoms with van der Waals surface area (Å²) < 4.78 is 46.7. The number of carbonyl (C=O) groups is 1. The molecule has 2 aromatic rings. The molecule has 3 aliphatic rings. The number of nitrogens with zero attached hydrogens (tertiary/aromatic N) is 6. The number of rotatable bonds is 6. The number of pyridine rings is 2. The first-order valence-corrected chi connectivity index (χ1v) is 12.7. The highest BCUT2D eigenvalue weighted by Crippen LogP contribution is 2.48. The van der Waals surface area contributed by atoms with Gasteiger partial charge in [0.25, 0.3) is 5.91 Å². The maximum atomic E-state index is 13.6. The second-order valence-electron chi connectivity index (χ2n) is 9.58. The van der Waals surface area contributed by atoms with Crippen molar-refractivity contribution < 1.29 is 27.8 Å². The van der Waals surface area contributed by atoms with Crippen LogP contribution in [0.15, 0.2) is 30.6 Å². The quantitative estimate of drug-likeness (QED) is 0.547. The van der Waals surface area contributed by atoms with Crippen LogP contribution >= 0.6 is 12.2 Å². The molecule has 0 bridgehead atoms. The number of ether oxygens (including phenoxy) is 1. The first-order valence-electron chi connectivity index (χ1n) is 12.3. The fourth-order valence-electron chi connectivity index (χ4n) is 5.23. The van der Waals surface area contributed by atoms with E-state index in [1.165, 1.54) is 6.07 Å². The molecule has 0 atom stereocenters. The lowest BCUT2D eigenvalue weighted by Gasteiger charge is -2.42.